The minimum Gasteiger partial charge on any atom is -0.324 e. The fourth-order valence-corrected chi connectivity index (χ4v) is 4.60. The highest BCUT2D eigenvalue weighted by Crippen LogP contribution is 2.35. The Kier molecular flexibility index (Phi) is 5.42. The first-order chi connectivity index (χ1) is 10.8. The summed E-state index contributed by atoms with van der Waals surface area (Å²) in [5, 5.41) is 3.10. The van der Waals surface area contributed by atoms with Gasteiger partial charge in [-0.1, -0.05) is 25.0 Å². The maximum Gasteiger partial charge on any atom is 0.238 e. The maximum absolute atomic E-state index is 12.5. The molecule has 2 fully saturated rings. The lowest BCUT2D eigenvalue weighted by atomic mass is 9.78. The van der Waals surface area contributed by atoms with Crippen LogP contribution in [0.2, 0.25) is 0 Å². The van der Waals surface area contributed by atoms with Gasteiger partial charge in [-0.05, 0) is 56.5 Å². The minimum atomic E-state index is 0.132. The molecule has 0 unspecified atom stereocenters. The van der Waals surface area contributed by atoms with Crippen LogP contribution >= 0.6 is 11.8 Å². The first-order valence-corrected chi connectivity index (χ1v) is 9.67. The molecule has 1 amide bonds. The number of likely N-dealkylation sites (tertiary alicyclic amines) is 1. The smallest absolute Gasteiger partial charge is 0.238 e. The Morgan fingerprint density at radius 1 is 1.23 bits per heavy atom. The largest absolute Gasteiger partial charge is 0.324 e. The first kappa shape index (κ1) is 15.9. The highest BCUT2D eigenvalue weighted by atomic mass is 32.2. The molecule has 2 aliphatic rings. The number of carbonyl (C=O) groups excluding carboxylic acids is 1. The van der Waals surface area contributed by atoms with Crippen LogP contribution in [0.3, 0.4) is 0 Å². The number of rotatable bonds is 4. The molecule has 2 atom stereocenters. The molecule has 120 valence electrons. The molecule has 1 saturated heterocycles. The van der Waals surface area contributed by atoms with Gasteiger partial charge in [0.2, 0.25) is 5.91 Å². The second-order valence-corrected chi connectivity index (χ2v) is 7.32. The number of nitrogens with zero attached hydrogens (tertiary/aromatic N) is 1. The van der Waals surface area contributed by atoms with E-state index in [-0.39, 0.29) is 5.91 Å². The van der Waals surface area contributed by atoms with Crippen molar-refractivity contribution in [2.24, 2.45) is 5.92 Å². The molecule has 1 N–H and O–H groups in total. The van der Waals surface area contributed by atoms with E-state index < -0.39 is 0 Å². The molecule has 0 bridgehead atoms. The van der Waals surface area contributed by atoms with Gasteiger partial charge in [0.1, 0.15) is 0 Å². The summed E-state index contributed by atoms with van der Waals surface area (Å²) in [7, 11) is 0. The van der Waals surface area contributed by atoms with E-state index in [1.807, 2.05) is 24.5 Å². The van der Waals surface area contributed by atoms with E-state index in [9.17, 15) is 4.79 Å². The zero-order valence-corrected chi connectivity index (χ0v) is 14.2. The van der Waals surface area contributed by atoms with Crippen molar-refractivity contribution in [1.29, 1.82) is 0 Å². The van der Waals surface area contributed by atoms with Gasteiger partial charge in [-0.2, -0.15) is 0 Å². The second kappa shape index (κ2) is 7.51. The number of anilines is 1. The summed E-state index contributed by atoms with van der Waals surface area (Å²) in [5.74, 6) is 0.960. The van der Waals surface area contributed by atoms with Gasteiger partial charge < -0.3 is 5.32 Å². The van der Waals surface area contributed by atoms with Crippen LogP contribution in [0, 0.1) is 5.92 Å². The van der Waals surface area contributed by atoms with Crippen LogP contribution in [0.4, 0.5) is 5.69 Å². The van der Waals surface area contributed by atoms with Crippen LogP contribution in [-0.2, 0) is 4.79 Å². The topological polar surface area (TPSA) is 32.3 Å². The molecular weight excluding hydrogens is 292 g/mol. The maximum atomic E-state index is 12.5. The van der Waals surface area contributed by atoms with Gasteiger partial charge >= 0.3 is 0 Å². The molecular formula is C18H26N2OS. The number of benzene rings is 1. The van der Waals surface area contributed by atoms with E-state index in [0.29, 0.717) is 12.6 Å². The Balaban J connectivity index is 1.61. The zero-order valence-electron chi connectivity index (χ0n) is 13.4. The molecule has 22 heavy (non-hydrogen) atoms. The van der Waals surface area contributed by atoms with Crippen molar-refractivity contribution in [1.82, 2.24) is 4.90 Å². The Labute approximate surface area is 137 Å². The molecule has 1 aliphatic heterocycles. The Morgan fingerprint density at radius 2 is 2.00 bits per heavy atom. The SMILES string of the molecule is CSc1ccccc1NC(=O)CN1CCC[C@H]2CCCC[C@@H]21. The van der Waals surface area contributed by atoms with Crippen LogP contribution < -0.4 is 5.32 Å². The summed E-state index contributed by atoms with van der Waals surface area (Å²) in [6, 6.07) is 8.68. The number of amides is 1. The van der Waals surface area contributed by atoms with E-state index in [1.165, 1.54) is 38.5 Å². The summed E-state index contributed by atoms with van der Waals surface area (Å²) in [6.07, 6.45) is 9.99. The van der Waals surface area contributed by atoms with Crippen LogP contribution in [0.15, 0.2) is 29.2 Å². The number of thioether (sulfide) groups is 1. The lowest BCUT2D eigenvalue weighted by Crippen LogP contribution is -2.49. The standard InChI is InChI=1S/C18H26N2OS/c1-22-17-11-5-3-9-15(17)19-18(21)13-20-12-6-8-14-7-2-4-10-16(14)20/h3,5,9,11,14,16H,2,4,6-8,10,12-13H2,1H3,(H,19,21)/t14-,16+/m1/s1. The molecule has 1 saturated carbocycles. The van der Waals surface area contributed by atoms with Gasteiger partial charge in [0, 0.05) is 10.9 Å². The molecule has 1 aliphatic carbocycles. The fraction of sp³-hybridized carbons (Fsp3) is 0.611. The minimum absolute atomic E-state index is 0.132. The molecule has 1 aromatic carbocycles. The highest BCUT2D eigenvalue weighted by molar-refractivity contribution is 7.98. The molecule has 3 rings (SSSR count). The van der Waals surface area contributed by atoms with Crippen molar-refractivity contribution < 1.29 is 4.79 Å². The summed E-state index contributed by atoms with van der Waals surface area (Å²) in [4.78, 5) is 16.0. The lowest BCUT2D eigenvalue weighted by Gasteiger charge is -2.43. The monoisotopic (exact) mass is 318 g/mol. The third-order valence-corrected chi connectivity index (χ3v) is 5.88. The van der Waals surface area contributed by atoms with Crippen molar-refractivity contribution in [3.05, 3.63) is 24.3 Å². The van der Waals surface area contributed by atoms with E-state index in [4.69, 9.17) is 0 Å². The lowest BCUT2D eigenvalue weighted by molar-refractivity contribution is -0.118. The highest BCUT2D eigenvalue weighted by Gasteiger charge is 2.33. The Morgan fingerprint density at radius 3 is 2.86 bits per heavy atom. The van der Waals surface area contributed by atoms with Gasteiger partial charge in [-0.15, -0.1) is 11.8 Å². The number of hydrogen-bond donors (Lipinski definition) is 1. The molecule has 3 nitrogen and oxygen atoms in total. The molecule has 0 radical (unpaired) electrons. The summed E-state index contributed by atoms with van der Waals surface area (Å²) >= 11 is 1.67. The summed E-state index contributed by atoms with van der Waals surface area (Å²) < 4.78 is 0. The predicted octanol–water partition coefficient (Wildman–Crippen LogP) is 4.00. The number of carbonyl (C=O) groups is 1. The molecule has 1 aromatic rings. The van der Waals surface area contributed by atoms with E-state index in [0.717, 1.165) is 23.0 Å². The summed E-state index contributed by atoms with van der Waals surface area (Å²) in [6.45, 7) is 1.63. The van der Waals surface area contributed by atoms with Gasteiger partial charge in [-0.3, -0.25) is 9.69 Å². The number of para-hydroxylation sites is 1. The van der Waals surface area contributed by atoms with Gasteiger partial charge in [0.05, 0.1) is 12.2 Å². The number of fused-ring (bicyclic) bond motifs is 1. The van der Waals surface area contributed by atoms with E-state index >= 15 is 0 Å². The van der Waals surface area contributed by atoms with E-state index in [2.05, 4.69) is 16.3 Å². The molecule has 4 heteroatoms. The average molecular weight is 318 g/mol. The predicted molar refractivity (Wildman–Crippen MR) is 93.4 cm³/mol. The fourth-order valence-electron chi connectivity index (χ4n) is 4.05. The third kappa shape index (κ3) is 3.66. The van der Waals surface area contributed by atoms with Crippen molar-refractivity contribution in [2.75, 3.05) is 24.7 Å². The quantitative estimate of drug-likeness (QED) is 0.852. The number of nitrogens with one attached hydrogen (secondary N) is 1. The van der Waals surface area contributed by atoms with E-state index in [1.54, 1.807) is 11.8 Å². The van der Waals surface area contributed by atoms with Crippen LogP contribution in [0.5, 0.6) is 0 Å². The molecule has 1 heterocycles. The summed E-state index contributed by atoms with van der Waals surface area (Å²) in [5.41, 5.74) is 0.942. The normalized spacial score (nSPS) is 25.5. The van der Waals surface area contributed by atoms with Gasteiger partial charge in [0.15, 0.2) is 0 Å². The van der Waals surface area contributed by atoms with Crippen molar-refractivity contribution >= 4 is 23.4 Å². The zero-order chi connectivity index (χ0) is 15.4. The number of hydrogen-bond acceptors (Lipinski definition) is 3. The van der Waals surface area contributed by atoms with Crippen molar-refractivity contribution in [3.8, 4) is 0 Å². The van der Waals surface area contributed by atoms with Crippen LogP contribution in [0.25, 0.3) is 0 Å². The Bertz CT molecular complexity index is 518. The first-order valence-electron chi connectivity index (χ1n) is 8.45. The van der Waals surface area contributed by atoms with Crippen molar-refractivity contribution in [2.45, 2.75) is 49.5 Å². The third-order valence-electron chi connectivity index (χ3n) is 5.09. The molecule has 0 aromatic heterocycles. The van der Waals surface area contributed by atoms with Crippen LogP contribution in [-0.4, -0.2) is 36.2 Å². The van der Waals surface area contributed by atoms with Crippen molar-refractivity contribution in [3.63, 3.8) is 0 Å². The van der Waals surface area contributed by atoms with Gasteiger partial charge in [-0.25, -0.2) is 0 Å². The Hall–Kier alpha value is -1.00. The molecule has 0 spiro atoms. The average Bonchev–Trinajstić information content (AvgIpc) is 2.55. The second-order valence-electron chi connectivity index (χ2n) is 6.47. The van der Waals surface area contributed by atoms with Crippen LogP contribution in [0.1, 0.15) is 38.5 Å². The van der Waals surface area contributed by atoms with Gasteiger partial charge in [0.25, 0.3) is 0 Å². The number of piperidine rings is 1.